The van der Waals surface area contributed by atoms with Gasteiger partial charge in [0, 0.05) is 35.2 Å². The van der Waals surface area contributed by atoms with E-state index < -0.39 is 0 Å². The summed E-state index contributed by atoms with van der Waals surface area (Å²) in [6.45, 7) is 0. The number of ether oxygens (including phenoxy) is 2. The maximum absolute atomic E-state index is 5.49. The number of nitrogens with zero attached hydrogens (tertiary/aromatic N) is 1. The molecule has 0 aliphatic heterocycles. The lowest BCUT2D eigenvalue weighted by Gasteiger charge is -2.11. The lowest BCUT2D eigenvalue weighted by molar-refractivity contribution is 0.395. The number of hydrogen-bond donors (Lipinski definition) is 0. The van der Waals surface area contributed by atoms with Gasteiger partial charge in [-0.2, -0.15) is 0 Å². The van der Waals surface area contributed by atoms with Gasteiger partial charge in [-0.1, -0.05) is 5.92 Å². The summed E-state index contributed by atoms with van der Waals surface area (Å²) >= 11 is 0. The van der Waals surface area contributed by atoms with Crippen LogP contribution in [-0.2, 0) is 0 Å². The van der Waals surface area contributed by atoms with Crippen molar-refractivity contribution < 1.29 is 9.47 Å². The van der Waals surface area contributed by atoms with E-state index in [1.165, 1.54) is 0 Å². The zero-order chi connectivity index (χ0) is 13.0. The van der Waals surface area contributed by atoms with E-state index in [0.717, 1.165) is 22.4 Å². The van der Waals surface area contributed by atoms with Crippen LogP contribution in [0, 0.1) is 12.3 Å². The van der Waals surface area contributed by atoms with Gasteiger partial charge < -0.3 is 9.47 Å². The van der Waals surface area contributed by atoms with Crippen LogP contribution in [0.25, 0.3) is 11.1 Å². The van der Waals surface area contributed by atoms with Crippen molar-refractivity contribution in [1.82, 2.24) is 4.98 Å². The largest absolute Gasteiger partial charge is 0.497 e. The standard InChI is InChI=1S/C15H13NO2/c1-4-11-7-8-16-10-14(11)13-6-5-12(17-2)9-15(13)18-3/h1,5-10H,2-3H3. The molecule has 0 atom stereocenters. The second-order valence-corrected chi connectivity index (χ2v) is 3.63. The third-order valence-electron chi connectivity index (χ3n) is 2.68. The van der Waals surface area contributed by atoms with Crippen LogP contribution in [0.3, 0.4) is 0 Å². The van der Waals surface area contributed by atoms with Crippen LogP contribution in [0.1, 0.15) is 5.56 Å². The van der Waals surface area contributed by atoms with Crippen molar-refractivity contribution in [1.29, 1.82) is 0 Å². The number of benzene rings is 1. The first-order chi connectivity index (χ1) is 8.80. The Kier molecular flexibility index (Phi) is 3.49. The summed E-state index contributed by atoms with van der Waals surface area (Å²) in [4.78, 5) is 4.11. The van der Waals surface area contributed by atoms with E-state index in [-0.39, 0.29) is 0 Å². The monoisotopic (exact) mass is 239 g/mol. The maximum atomic E-state index is 5.49. The number of methoxy groups -OCH3 is 2. The van der Waals surface area contributed by atoms with Gasteiger partial charge in [0.15, 0.2) is 0 Å². The Morgan fingerprint density at radius 3 is 2.61 bits per heavy atom. The molecule has 0 unspecified atom stereocenters. The topological polar surface area (TPSA) is 31.4 Å². The lowest BCUT2D eigenvalue weighted by atomic mass is 10.0. The molecule has 0 spiro atoms. The van der Waals surface area contributed by atoms with Crippen LogP contribution in [0.2, 0.25) is 0 Å². The summed E-state index contributed by atoms with van der Waals surface area (Å²) in [6.07, 6.45) is 8.90. The molecule has 1 heterocycles. The smallest absolute Gasteiger partial charge is 0.130 e. The quantitative estimate of drug-likeness (QED) is 0.772. The lowest BCUT2D eigenvalue weighted by Crippen LogP contribution is -1.92. The van der Waals surface area contributed by atoms with E-state index in [1.807, 2.05) is 18.2 Å². The minimum atomic E-state index is 0.707. The molecule has 0 saturated heterocycles. The molecular formula is C15H13NO2. The third-order valence-corrected chi connectivity index (χ3v) is 2.68. The average Bonchev–Trinajstić information content (AvgIpc) is 2.46. The fourth-order valence-corrected chi connectivity index (χ4v) is 1.76. The third kappa shape index (κ3) is 2.14. The Labute approximate surface area is 106 Å². The highest BCUT2D eigenvalue weighted by molar-refractivity contribution is 5.76. The summed E-state index contributed by atoms with van der Waals surface area (Å²) in [5, 5.41) is 0. The molecule has 1 aromatic heterocycles. The SMILES string of the molecule is C#Cc1ccncc1-c1ccc(OC)cc1OC. The summed E-state index contributed by atoms with van der Waals surface area (Å²) in [6, 6.07) is 7.41. The van der Waals surface area contributed by atoms with Crippen molar-refractivity contribution in [2.24, 2.45) is 0 Å². The molecule has 0 aliphatic rings. The van der Waals surface area contributed by atoms with Crippen molar-refractivity contribution in [2.45, 2.75) is 0 Å². The van der Waals surface area contributed by atoms with Crippen molar-refractivity contribution in [3.05, 3.63) is 42.2 Å². The summed E-state index contributed by atoms with van der Waals surface area (Å²) in [5.41, 5.74) is 2.56. The Hall–Kier alpha value is -2.47. The molecule has 90 valence electrons. The molecule has 3 nitrogen and oxygen atoms in total. The fourth-order valence-electron chi connectivity index (χ4n) is 1.76. The Morgan fingerprint density at radius 1 is 1.11 bits per heavy atom. The molecular weight excluding hydrogens is 226 g/mol. The molecule has 1 aromatic carbocycles. The number of rotatable bonds is 3. The highest BCUT2D eigenvalue weighted by Gasteiger charge is 2.10. The van der Waals surface area contributed by atoms with Gasteiger partial charge in [-0.15, -0.1) is 6.42 Å². The van der Waals surface area contributed by atoms with Gasteiger partial charge in [0.05, 0.1) is 14.2 Å². The predicted molar refractivity (Wildman–Crippen MR) is 70.7 cm³/mol. The average molecular weight is 239 g/mol. The number of pyridine rings is 1. The zero-order valence-electron chi connectivity index (χ0n) is 10.3. The first-order valence-corrected chi connectivity index (χ1v) is 5.43. The molecule has 0 bridgehead atoms. The van der Waals surface area contributed by atoms with Gasteiger partial charge >= 0.3 is 0 Å². The molecule has 0 saturated carbocycles. The minimum absolute atomic E-state index is 0.707. The number of terminal acetylenes is 1. The van der Waals surface area contributed by atoms with Crippen LogP contribution in [0.5, 0.6) is 11.5 Å². The molecule has 0 N–H and O–H groups in total. The Morgan fingerprint density at radius 2 is 1.94 bits per heavy atom. The van der Waals surface area contributed by atoms with Crippen molar-refractivity contribution in [3.63, 3.8) is 0 Å². The Balaban J connectivity index is 2.60. The first-order valence-electron chi connectivity index (χ1n) is 5.43. The van der Waals surface area contributed by atoms with E-state index in [0.29, 0.717) is 5.75 Å². The molecule has 3 heteroatoms. The molecule has 0 amide bonds. The fraction of sp³-hybridized carbons (Fsp3) is 0.133. The Bertz CT molecular complexity index is 600. The van der Waals surface area contributed by atoms with Gasteiger partial charge in [-0.3, -0.25) is 4.98 Å². The van der Waals surface area contributed by atoms with E-state index in [2.05, 4.69) is 10.9 Å². The van der Waals surface area contributed by atoms with Crippen LogP contribution in [0.4, 0.5) is 0 Å². The van der Waals surface area contributed by atoms with Gasteiger partial charge in [-0.25, -0.2) is 0 Å². The zero-order valence-corrected chi connectivity index (χ0v) is 10.3. The van der Waals surface area contributed by atoms with E-state index in [9.17, 15) is 0 Å². The van der Waals surface area contributed by atoms with E-state index in [1.54, 1.807) is 32.7 Å². The minimum Gasteiger partial charge on any atom is -0.497 e. The second kappa shape index (κ2) is 5.24. The van der Waals surface area contributed by atoms with Crippen molar-refractivity contribution in [2.75, 3.05) is 14.2 Å². The molecule has 0 fully saturated rings. The number of aromatic nitrogens is 1. The van der Waals surface area contributed by atoms with Crippen LogP contribution < -0.4 is 9.47 Å². The van der Waals surface area contributed by atoms with Gasteiger partial charge in [0.1, 0.15) is 11.5 Å². The summed E-state index contributed by atoms with van der Waals surface area (Å²) in [5.74, 6) is 4.09. The first kappa shape index (κ1) is 12.0. The number of hydrogen-bond acceptors (Lipinski definition) is 3. The molecule has 0 radical (unpaired) electrons. The summed E-state index contributed by atoms with van der Waals surface area (Å²) < 4.78 is 10.5. The van der Waals surface area contributed by atoms with E-state index in [4.69, 9.17) is 15.9 Å². The summed E-state index contributed by atoms with van der Waals surface area (Å²) in [7, 11) is 3.23. The van der Waals surface area contributed by atoms with Crippen molar-refractivity contribution in [3.8, 4) is 35.0 Å². The molecule has 2 rings (SSSR count). The van der Waals surface area contributed by atoms with Crippen LogP contribution in [0.15, 0.2) is 36.7 Å². The van der Waals surface area contributed by atoms with Crippen LogP contribution in [-0.4, -0.2) is 19.2 Å². The maximum Gasteiger partial charge on any atom is 0.130 e. The van der Waals surface area contributed by atoms with Gasteiger partial charge in [0.25, 0.3) is 0 Å². The molecule has 18 heavy (non-hydrogen) atoms. The second-order valence-electron chi connectivity index (χ2n) is 3.63. The highest BCUT2D eigenvalue weighted by atomic mass is 16.5. The normalized spacial score (nSPS) is 9.61. The highest BCUT2D eigenvalue weighted by Crippen LogP contribution is 2.34. The van der Waals surface area contributed by atoms with Gasteiger partial charge in [0.2, 0.25) is 0 Å². The molecule has 0 aliphatic carbocycles. The predicted octanol–water partition coefficient (Wildman–Crippen LogP) is 2.75. The van der Waals surface area contributed by atoms with E-state index >= 15 is 0 Å². The van der Waals surface area contributed by atoms with Gasteiger partial charge in [-0.05, 0) is 18.2 Å². The molecule has 2 aromatic rings. The van der Waals surface area contributed by atoms with Crippen LogP contribution >= 0.6 is 0 Å². The van der Waals surface area contributed by atoms with Crippen molar-refractivity contribution >= 4 is 0 Å².